The van der Waals surface area contributed by atoms with Crippen LogP contribution in [0.4, 0.5) is 5.69 Å². The first kappa shape index (κ1) is 12.5. The summed E-state index contributed by atoms with van der Waals surface area (Å²) in [5.74, 6) is 0.126. The minimum absolute atomic E-state index is 0.206. The molecule has 102 valence electrons. The zero-order chi connectivity index (χ0) is 13.5. The van der Waals surface area contributed by atoms with Crippen molar-refractivity contribution < 1.29 is 4.79 Å². The SMILES string of the molecule is Cc1ccccc1NC1(C(N)=O)CCN2CCC1C2. The standard InChI is InChI=1S/C15H21N3O/c1-11-4-2-3-5-13(11)17-15(14(16)19)7-9-18-8-6-12(15)10-18/h2-5,12,17H,6-10H2,1H3,(H2,16,19). The van der Waals surface area contributed by atoms with Crippen LogP contribution < -0.4 is 11.1 Å². The van der Waals surface area contributed by atoms with Gasteiger partial charge in [-0.3, -0.25) is 4.79 Å². The Labute approximate surface area is 114 Å². The number of benzene rings is 1. The number of anilines is 1. The average Bonchev–Trinajstić information content (AvgIpc) is 2.79. The number of fused-ring (bicyclic) bond motifs is 2. The molecule has 0 saturated carbocycles. The molecule has 0 spiro atoms. The van der Waals surface area contributed by atoms with Crippen LogP contribution >= 0.6 is 0 Å². The fourth-order valence-electron chi connectivity index (χ4n) is 3.48. The highest BCUT2D eigenvalue weighted by Gasteiger charge is 2.50. The van der Waals surface area contributed by atoms with Gasteiger partial charge in [0.2, 0.25) is 5.91 Å². The number of amides is 1. The van der Waals surface area contributed by atoms with Crippen LogP contribution in [0.1, 0.15) is 18.4 Å². The number of carbonyl (C=O) groups is 1. The van der Waals surface area contributed by atoms with Crippen LogP contribution in [-0.4, -0.2) is 36.0 Å². The Hall–Kier alpha value is -1.55. The number of aryl methyl sites for hydroxylation is 1. The molecule has 1 aromatic rings. The lowest BCUT2D eigenvalue weighted by Gasteiger charge is -2.42. The molecule has 4 heteroatoms. The Morgan fingerprint density at radius 3 is 2.95 bits per heavy atom. The van der Waals surface area contributed by atoms with Crippen LogP contribution in [0.5, 0.6) is 0 Å². The van der Waals surface area contributed by atoms with Crippen molar-refractivity contribution in [2.45, 2.75) is 25.3 Å². The van der Waals surface area contributed by atoms with Crippen LogP contribution in [-0.2, 0) is 4.79 Å². The van der Waals surface area contributed by atoms with Crippen molar-refractivity contribution in [1.29, 1.82) is 0 Å². The Bertz CT molecular complexity index is 502. The number of para-hydroxylation sites is 1. The summed E-state index contributed by atoms with van der Waals surface area (Å²) in [6.07, 6.45) is 1.86. The number of hydrogen-bond acceptors (Lipinski definition) is 3. The normalized spacial score (nSPS) is 33.1. The molecular formula is C15H21N3O. The smallest absolute Gasteiger partial charge is 0.243 e. The molecule has 2 aliphatic heterocycles. The van der Waals surface area contributed by atoms with E-state index in [0.717, 1.165) is 43.7 Å². The number of nitrogens with zero attached hydrogens (tertiary/aromatic N) is 1. The number of primary amides is 1. The molecule has 2 fully saturated rings. The average molecular weight is 259 g/mol. The zero-order valence-electron chi connectivity index (χ0n) is 11.4. The van der Waals surface area contributed by atoms with E-state index < -0.39 is 5.54 Å². The third-order valence-corrected chi connectivity index (χ3v) is 4.73. The van der Waals surface area contributed by atoms with Crippen LogP contribution in [0, 0.1) is 12.8 Å². The predicted molar refractivity (Wildman–Crippen MR) is 75.9 cm³/mol. The predicted octanol–water partition coefficient (Wildman–Crippen LogP) is 1.36. The number of carbonyl (C=O) groups excluding carboxylic acids is 1. The fraction of sp³-hybridized carbons (Fsp3) is 0.533. The highest BCUT2D eigenvalue weighted by Crippen LogP contribution is 2.38. The summed E-state index contributed by atoms with van der Waals surface area (Å²) >= 11 is 0. The lowest BCUT2D eigenvalue weighted by atomic mass is 9.77. The van der Waals surface area contributed by atoms with E-state index in [4.69, 9.17) is 5.73 Å². The number of piperidine rings is 1. The van der Waals surface area contributed by atoms with Crippen LogP contribution in [0.2, 0.25) is 0 Å². The summed E-state index contributed by atoms with van der Waals surface area (Å²) in [4.78, 5) is 14.5. The molecule has 1 aromatic carbocycles. The van der Waals surface area contributed by atoms with Gasteiger partial charge >= 0.3 is 0 Å². The summed E-state index contributed by atoms with van der Waals surface area (Å²) in [6.45, 7) is 5.09. The van der Waals surface area contributed by atoms with Gasteiger partial charge in [-0.25, -0.2) is 0 Å². The fourth-order valence-corrected chi connectivity index (χ4v) is 3.48. The summed E-state index contributed by atoms with van der Waals surface area (Å²) in [5, 5.41) is 3.49. The maximum Gasteiger partial charge on any atom is 0.243 e. The number of nitrogens with two attached hydrogens (primary N) is 1. The van der Waals surface area contributed by atoms with Gasteiger partial charge in [0.25, 0.3) is 0 Å². The second-order valence-electron chi connectivity index (χ2n) is 5.81. The first-order valence-electron chi connectivity index (χ1n) is 6.98. The number of hydrogen-bond donors (Lipinski definition) is 2. The second kappa shape index (κ2) is 4.53. The molecular weight excluding hydrogens is 238 g/mol. The van der Waals surface area contributed by atoms with Crippen molar-refractivity contribution in [3.05, 3.63) is 29.8 Å². The number of rotatable bonds is 3. The topological polar surface area (TPSA) is 58.4 Å². The molecule has 3 unspecified atom stereocenters. The summed E-state index contributed by atoms with van der Waals surface area (Å²) < 4.78 is 0. The lowest BCUT2D eigenvalue weighted by molar-refractivity contribution is -0.125. The quantitative estimate of drug-likeness (QED) is 0.861. The molecule has 2 aliphatic rings. The highest BCUT2D eigenvalue weighted by molar-refractivity contribution is 5.89. The van der Waals surface area contributed by atoms with Crippen LogP contribution in [0.15, 0.2) is 24.3 Å². The van der Waals surface area contributed by atoms with Gasteiger partial charge in [0.1, 0.15) is 5.54 Å². The summed E-state index contributed by atoms with van der Waals surface area (Å²) in [7, 11) is 0. The molecule has 2 saturated heterocycles. The maximum atomic E-state index is 12.1. The van der Waals surface area contributed by atoms with Crippen LogP contribution in [0.3, 0.4) is 0 Å². The molecule has 2 heterocycles. The van der Waals surface area contributed by atoms with Crippen molar-refractivity contribution in [3.8, 4) is 0 Å². The van der Waals surface area contributed by atoms with E-state index in [1.54, 1.807) is 0 Å². The Morgan fingerprint density at radius 2 is 2.21 bits per heavy atom. The first-order valence-corrected chi connectivity index (χ1v) is 6.98. The van der Waals surface area contributed by atoms with Gasteiger partial charge in [-0.1, -0.05) is 18.2 Å². The van der Waals surface area contributed by atoms with Crippen molar-refractivity contribution in [2.24, 2.45) is 11.7 Å². The van der Waals surface area contributed by atoms with E-state index >= 15 is 0 Å². The van der Waals surface area contributed by atoms with Gasteiger partial charge < -0.3 is 16.0 Å². The zero-order valence-corrected chi connectivity index (χ0v) is 11.4. The van der Waals surface area contributed by atoms with Gasteiger partial charge in [0.15, 0.2) is 0 Å². The molecule has 4 nitrogen and oxygen atoms in total. The molecule has 19 heavy (non-hydrogen) atoms. The van der Waals surface area contributed by atoms with Gasteiger partial charge in [0, 0.05) is 24.7 Å². The minimum atomic E-state index is -0.570. The molecule has 3 rings (SSSR count). The molecule has 2 bridgehead atoms. The van der Waals surface area contributed by atoms with Crippen LogP contribution in [0.25, 0.3) is 0 Å². The Morgan fingerprint density at radius 1 is 1.42 bits per heavy atom. The molecule has 0 aliphatic carbocycles. The van der Waals surface area contributed by atoms with Crippen molar-refractivity contribution in [1.82, 2.24) is 4.90 Å². The Kier molecular flexibility index (Phi) is 2.97. The van der Waals surface area contributed by atoms with E-state index in [2.05, 4.69) is 23.2 Å². The van der Waals surface area contributed by atoms with E-state index in [-0.39, 0.29) is 5.91 Å². The van der Waals surface area contributed by atoms with Crippen molar-refractivity contribution >= 4 is 11.6 Å². The van der Waals surface area contributed by atoms with E-state index in [9.17, 15) is 4.79 Å². The molecule has 3 atom stereocenters. The molecule has 1 amide bonds. The summed E-state index contributed by atoms with van der Waals surface area (Å²) in [6, 6.07) is 8.09. The van der Waals surface area contributed by atoms with Gasteiger partial charge in [-0.05, 0) is 37.9 Å². The van der Waals surface area contributed by atoms with Gasteiger partial charge in [0.05, 0.1) is 0 Å². The Balaban J connectivity index is 1.93. The summed E-state index contributed by atoms with van der Waals surface area (Å²) in [5.41, 5.74) is 7.38. The highest BCUT2D eigenvalue weighted by atomic mass is 16.1. The van der Waals surface area contributed by atoms with E-state index in [0.29, 0.717) is 5.92 Å². The second-order valence-corrected chi connectivity index (χ2v) is 5.81. The van der Waals surface area contributed by atoms with Gasteiger partial charge in [-0.15, -0.1) is 0 Å². The third kappa shape index (κ3) is 2.00. The van der Waals surface area contributed by atoms with Crippen molar-refractivity contribution in [2.75, 3.05) is 25.0 Å². The van der Waals surface area contributed by atoms with Crippen molar-refractivity contribution in [3.63, 3.8) is 0 Å². The first-order chi connectivity index (χ1) is 9.12. The lowest BCUT2D eigenvalue weighted by Crippen LogP contribution is -2.60. The maximum absolute atomic E-state index is 12.1. The van der Waals surface area contributed by atoms with Gasteiger partial charge in [-0.2, -0.15) is 0 Å². The largest absolute Gasteiger partial charge is 0.371 e. The molecule has 0 radical (unpaired) electrons. The third-order valence-electron chi connectivity index (χ3n) is 4.73. The minimum Gasteiger partial charge on any atom is -0.371 e. The molecule has 0 aromatic heterocycles. The monoisotopic (exact) mass is 259 g/mol. The molecule has 3 N–H and O–H groups in total. The van der Waals surface area contributed by atoms with E-state index in [1.807, 2.05) is 18.2 Å². The van der Waals surface area contributed by atoms with E-state index in [1.165, 1.54) is 0 Å². The number of nitrogens with one attached hydrogen (secondary N) is 1.